The van der Waals surface area contributed by atoms with E-state index in [0.29, 0.717) is 36.8 Å². The lowest BCUT2D eigenvalue weighted by molar-refractivity contribution is 0.167. The number of urea groups is 1. The Kier molecular flexibility index (Phi) is 5.92. The van der Waals surface area contributed by atoms with Crippen LogP contribution in [0.15, 0.2) is 22.7 Å². The van der Waals surface area contributed by atoms with Gasteiger partial charge >= 0.3 is 6.03 Å². The van der Waals surface area contributed by atoms with Gasteiger partial charge in [-0.25, -0.2) is 4.79 Å². The van der Waals surface area contributed by atoms with Crippen LogP contribution in [0.4, 0.5) is 10.5 Å². The predicted octanol–water partition coefficient (Wildman–Crippen LogP) is 2.84. The number of rotatable bonds is 6. The van der Waals surface area contributed by atoms with Crippen LogP contribution in [-0.2, 0) is 6.42 Å². The van der Waals surface area contributed by atoms with Crippen LogP contribution >= 0.6 is 0 Å². The molecule has 2 aromatic rings. The van der Waals surface area contributed by atoms with Crippen LogP contribution in [-0.4, -0.2) is 45.9 Å². The molecule has 1 aromatic carbocycles. The van der Waals surface area contributed by atoms with Gasteiger partial charge in [-0.2, -0.15) is 4.98 Å². The van der Waals surface area contributed by atoms with Gasteiger partial charge in [0, 0.05) is 31.3 Å². The summed E-state index contributed by atoms with van der Waals surface area (Å²) in [6.45, 7) is 6.05. The first-order chi connectivity index (χ1) is 11.4. The van der Waals surface area contributed by atoms with Gasteiger partial charge in [0.25, 0.3) is 5.89 Å². The molecular formula is C17H24N4O3. The molecule has 7 heteroatoms. The molecule has 7 nitrogen and oxygen atoms in total. The molecule has 0 aliphatic heterocycles. The van der Waals surface area contributed by atoms with Gasteiger partial charge in [0.1, 0.15) is 0 Å². The minimum atomic E-state index is -0.435. The van der Waals surface area contributed by atoms with Crippen molar-refractivity contribution in [1.82, 2.24) is 15.0 Å². The molecule has 0 radical (unpaired) electrons. The molecule has 0 bridgehead atoms. The van der Waals surface area contributed by atoms with Gasteiger partial charge in [0.2, 0.25) is 0 Å². The number of carbonyl (C=O) groups is 1. The van der Waals surface area contributed by atoms with E-state index in [1.165, 1.54) is 0 Å². The standard InChI is InChI=1S/C17H24N4O3/c1-5-15-19-16(24-20-15)13-7-6-11(2)14(10-13)18-17(23)21(4)9-8-12(3)22/h6-7,10,12,22H,5,8-9H2,1-4H3,(H,18,23). The number of nitrogens with zero attached hydrogens (tertiary/aromatic N) is 3. The van der Waals surface area contributed by atoms with E-state index in [4.69, 9.17) is 4.52 Å². The van der Waals surface area contributed by atoms with E-state index in [9.17, 15) is 9.90 Å². The molecule has 0 saturated heterocycles. The van der Waals surface area contributed by atoms with Crippen molar-refractivity contribution in [3.8, 4) is 11.5 Å². The Morgan fingerprint density at radius 2 is 2.21 bits per heavy atom. The molecule has 2 rings (SSSR count). The Morgan fingerprint density at radius 3 is 2.83 bits per heavy atom. The quantitative estimate of drug-likeness (QED) is 0.848. The summed E-state index contributed by atoms with van der Waals surface area (Å²) in [5.41, 5.74) is 2.39. The molecule has 24 heavy (non-hydrogen) atoms. The van der Waals surface area contributed by atoms with Gasteiger partial charge in [-0.1, -0.05) is 18.1 Å². The fourth-order valence-electron chi connectivity index (χ4n) is 2.10. The number of aliphatic hydroxyl groups excluding tert-OH is 1. The zero-order valence-corrected chi connectivity index (χ0v) is 14.5. The summed E-state index contributed by atoms with van der Waals surface area (Å²) >= 11 is 0. The maximum absolute atomic E-state index is 12.3. The summed E-state index contributed by atoms with van der Waals surface area (Å²) in [7, 11) is 1.70. The lowest BCUT2D eigenvalue weighted by atomic mass is 10.1. The second-order valence-electron chi connectivity index (χ2n) is 5.89. The van der Waals surface area contributed by atoms with E-state index in [-0.39, 0.29) is 6.03 Å². The van der Waals surface area contributed by atoms with Crippen LogP contribution in [0.5, 0.6) is 0 Å². The number of aromatic nitrogens is 2. The summed E-state index contributed by atoms with van der Waals surface area (Å²) < 4.78 is 5.24. The Bertz CT molecular complexity index is 697. The van der Waals surface area contributed by atoms with Gasteiger partial charge in [-0.15, -0.1) is 0 Å². The highest BCUT2D eigenvalue weighted by molar-refractivity contribution is 5.90. The van der Waals surface area contributed by atoms with Crippen molar-refractivity contribution in [3.63, 3.8) is 0 Å². The molecule has 2 amide bonds. The van der Waals surface area contributed by atoms with Crippen LogP contribution in [0.1, 0.15) is 31.7 Å². The Hall–Kier alpha value is -2.41. The van der Waals surface area contributed by atoms with Gasteiger partial charge in [-0.05, 0) is 38.0 Å². The topological polar surface area (TPSA) is 91.5 Å². The second-order valence-corrected chi connectivity index (χ2v) is 5.89. The Balaban J connectivity index is 2.12. The summed E-state index contributed by atoms with van der Waals surface area (Å²) in [6.07, 6.45) is 0.799. The number of aliphatic hydroxyl groups is 1. The molecule has 1 atom stereocenters. The second kappa shape index (κ2) is 7.92. The largest absolute Gasteiger partial charge is 0.393 e. The van der Waals surface area contributed by atoms with Crippen molar-refractivity contribution in [2.75, 3.05) is 18.9 Å². The molecule has 1 heterocycles. The van der Waals surface area contributed by atoms with E-state index in [1.54, 1.807) is 18.9 Å². The third-order valence-corrected chi connectivity index (χ3v) is 3.74. The average molecular weight is 332 g/mol. The molecule has 0 saturated carbocycles. The van der Waals surface area contributed by atoms with Crippen molar-refractivity contribution in [2.24, 2.45) is 0 Å². The van der Waals surface area contributed by atoms with E-state index >= 15 is 0 Å². The lowest BCUT2D eigenvalue weighted by Crippen LogP contribution is -2.33. The molecule has 1 unspecified atom stereocenters. The van der Waals surface area contributed by atoms with Gasteiger partial charge < -0.3 is 19.8 Å². The molecule has 130 valence electrons. The predicted molar refractivity (Wildman–Crippen MR) is 91.8 cm³/mol. The zero-order valence-electron chi connectivity index (χ0n) is 14.5. The zero-order chi connectivity index (χ0) is 17.7. The number of nitrogens with one attached hydrogen (secondary N) is 1. The minimum absolute atomic E-state index is 0.226. The number of hydrogen-bond acceptors (Lipinski definition) is 5. The number of anilines is 1. The number of amides is 2. The molecular weight excluding hydrogens is 308 g/mol. The van der Waals surface area contributed by atoms with Crippen molar-refractivity contribution < 1.29 is 14.4 Å². The van der Waals surface area contributed by atoms with Crippen LogP contribution in [0.25, 0.3) is 11.5 Å². The molecule has 0 aliphatic carbocycles. The number of carbonyl (C=O) groups excluding carboxylic acids is 1. The summed E-state index contributed by atoms with van der Waals surface area (Å²) in [4.78, 5) is 18.1. The maximum atomic E-state index is 12.3. The third kappa shape index (κ3) is 4.55. The summed E-state index contributed by atoms with van der Waals surface area (Å²) in [5, 5.41) is 16.1. The molecule has 0 spiro atoms. The van der Waals surface area contributed by atoms with E-state index in [2.05, 4.69) is 15.5 Å². The van der Waals surface area contributed by atoms with Crippen LogP contribution in [0.2, 0.25) is 0 Å². The number of aryl methyl sites for hydroxylation is 2. The smallest absolute Gasteiger partial charge is 0.321 e. The Labute approximate surface area is 141 Å². The first-order valence-electron chi connectivity index (χ1n) is 8.04. The molecule has 0 fully saturated rings. The van der Waals surface area contributed by atoms with Crippen molar-refractivity contribution >= 4 is 11.7 Å². The van der Waals surface area contributed by atoms with Crippen LogP contribution < -0.4 is 5.32 Å². The normalized spacial score (nSPS) is 12.0. The van der Waals surface area contributed by atoms with Crippen LogP contribution in [0, 0.1) is 6.92 Å². The summed E-state index contributed by atoms with van der Waals surface area (Å²) in [5.74, 6) is 1.08. The van der Waals surface area contributed by atoms with E-state index in [1.807, 2.05) is 32.0 Å². The first-order valence-corrected chi connectivity index (χ1v) is 8.04. The highest BCUT2D eigenvalue weighted by atomic mass is 16.5. The molecule has 2 N–H and O–H groups in total. The monoisotopic (exact) mass is 332 g/mol. The van der Waals surface area contributed by atoms with Crippen molar-refractivity contribution in [2.45, 2.75) is 39.7 Å². The van der Waals surface area contributed by atoms with E-state index in [0.717, 1.165) is 11.1 Å². The first kappa shape index (κ1) is 17.9. The highest BCUT2D eigenvalue weighted by Gasteiger charge is 2.14. The van der Waals surface area contributed by atoms with E-state index < -0.39 is 6.10 Å². The number of benzene rings is 1. The maximum Gasteiger partial charge on any atom is 0.321 e. The van der Waals surface area contributed by atoms with Crippen molar-refractivity contribution in [1.29, 1.82) is 0 Å². The van der Waals surface area contributed by atoms with Gasteiger partial charge in [0.05, 0.1) is 6.10 Å². The SMILES string of the molecule is CCc1noc(-c2ccc(C)c(NC(=O)N(C)CCC(C)O)c2)n1. The van der Waals surface area contributed by atoms with Crippen LogP contribution in [0.3, 0.4) is 0 Å². The van der Waals surface area contributed by atoms with Gasteiger partial charge in [0.15, 0.2) is 5.82 Å². The fourth-order valence-corrected chi connectivity index (χ4v) is 2.10. The third-order valence-electron chi connectivity index (χ3n) is 3.74. The van der Waals surface area contributed by atoms with Crippen molar-refractivity contribution in [3.05, 3.63) is 29.6 Å². The Morgan fingerprint density at radius 1 is 1.46 bits per heavy atom. The lowest BCUT2D eigenvalue weighted by Gasteiger charge is -2.19. The fraction of sp³-hybridized carbons (Fsp3) is 0.471. The average Bonchev–Trinajstić information content (AvgIpc) is 3.03. The highest BCUT2D eigenvalue weighted by Crippen LogP contribution is 2.24. The summed E-state index contributed by atoms with van der Waals surface area (Å²) in [6, 6.07) is 5.38. The minimum Gasteiger partial charge on any atom is -0.393 e. The van der Waals surface area contributed by atoms with Gasteiger partial charge in [-0.3, -0.25) is 0 Å². The molecule has 0 aliphatic rings. The molecule has 1 aromatic heterocycles. The number of hydrogen-bond donors (Lipinski definition) is 2.